The minimum Gasteiger partial charge on any atom is -0.379 e. The fourth-order valence-electron chi connectivity index (χ4n) is 3.11. The molecule has 156 valence electrons. The Bertz CT molecular complexity index is 895. The summed E-state index contributed by atoms with van der Waals surface area (Å²) < 4.78 is 32.9. The minimum atomic E-state index is -3.86. The SMILES string of the molecule is Cc1ccc(N(CC(=O)NCCN2CCOCC2)S(=O)(=O)c2ccccc2)cc1. The number of anilines is 1. The third-order valence-corrected chi connectivity index (χ3v) is 6.58. The van der Waals surface area contributed by atoms with Crippen molar-refractivity contribution < 1.29 is 17.9 Å². The smallest absolute Gasteiger partial charge is 0.264 e. The van der Waals surface area contributed by atoms with E-state index in [1.54, 1.807) is 30.3 Å². The van der Waals surface area contributed by atoms with E-state index in [0.29, 0.717) is 32.0 Å². The quantitative estimate of drug-likeness (QED) is 0.706. The van der Waals surface area contributed by atoms with Crippen LogP contribution in [0.25, 0.3) is 0 Å². The summed E-state index contributed by atoms with van der Waals surface area (Å²) in [5, 5.41) is 2.84. The molecule has 3 rings (SSSR count). The molecule has 2 aromatic carbocycles. The van der Waals surface area contributed by atoms with Crippen molar-refractivity contribution in [1.29, 1.82) is 0 Å². The van der Waals surface area contributed by atoms with Gasteiger partial charge in [0.2, 0.25) is 5.91 Å². The number of morpholine rings is 1. The van der Waals surface area contributed by atoms with Crippen LogP contribution in [0.1, 0.15) is 5.56 Å². The molecule has 1 fully saturated rings. The van der Waals surface area contributed by atoms with Gasteiger partial charge in [0.1, 0.15) is 6.54 Å². The van der Waals surface area contributed by atoms with Gasteiger partial charge in [0.05, 0.1) is 23.8 Å². The Hall–Kier alpha value is -2.42. The molecule has 0 radical (unpaired) electrons. The van der Waals surface area contributed by atoms with E-state index < -0.39 is 10.0 Å². The Labute approximate surface area is 172 Å². The molecule has 0 unspecified atom stereocenters. The predicted octanol–water partition coefficient (Wildman–Crippen LogP) is 1.64. The second-order valence-electron chi connectivity index (χ2n) is 6.96. The van der Waals surface area contributed by atoms with E-state index >= 15 is 0 Å². The summed E-state index contributed by atoms with van der Waals surface area (Å²) in [5.41, 5.74) is 1.48. The van der Waals surface area contributed by atoms with Crippen molar-refractivity contribution in [3.63, 3.8) is 0 Å². The molecule has 29 heavy (non-hydrogen) atoms. The second kappa shape index (κ2) is 9.87. The molecule has 1 saturated heterocycles. The summed E-state index contributed by atoms with van der Waals surface area (Å²) in [6.45, 7) is 5.91. The van der Waals surface area contributed by atoms with Crippen LogP contribution in [0.15, 0.2) is 59.5 Å². The first-order chi connectivity index (χ1) is 14.0. The molecule has 0 aliphatic carbocycles. The van der Waals surface area contributed by atoms with E-state index in [9.17, 15) is 13.2 Å². The van der Waals surface area contributed by atoms with Crippen LogP contribution in [-0.2, 0) is 19.6 Å². The van der Waals surface area contributed by atoms with Crippen LogP contribution in [0.3, 0.4) is 0 Å². The van der Waals surface area contributed by atoms with E-state index in [2.05, 4.69) is 10.2 Å². The number of sulfonamides is 1. The Kier molecular flexibility index (Phi) is 7.24. The zero-order chi connectivity index (χ0) is 20.7. The fourth-order valence-corrected chi connectivity index (χ4v) is 4.55. The van der Waals surface area contributed by atoms with Crippen LogP contribution >= 0.6 is 0 Å². The van der Waals surface area contributed by atoms with Crippen LogP contribution in [-0.4, -0.2) is 65.2 Å². The summed E-state index contributed by atoms with van der Waals surface area (Å²) in [6, 6.07) is 15.3. The van der Waals surface area contributed by atoms with Gasteiger partial charge in [-0.2, -0.15) is 0 Å². The van der Waals surface area contributed by atoms with Crippen LogP contribution in [0.4, 0.5) is 5.69 Å². The number of rotatable bonds is 8. The molecule has 1 N–H and O–H groups in total. The van der Waals surface area contributed by atoms with Gasteiger partial charge in [-0.1, -0.05) is 35.9 Å². The van der Waals surface area contributed by atoms with Gasteiger partial charge in [-0.25, -0.2) is 8.42 Å². The van der Waals surface area contributed by atoms with Crippen molar-refractivity contribution in [3.8, 4) is 0 Å². The Morgan fingerprint density at radius 3 is 2.38 bits per heavy atom. The van der Waals surface area contributed by atoms with E-state index in [1.165, 1.54) is 12.1 Å². The van der Waals surface area contributed by atoms with Gasteiger partial charge >= 0.3 is 0 Å². The number of benzene rings is 2. The number of aryl methyl sites for hydroxylation is 1. The first-order valence-electron chi connectivity index (χ1n) is 9.68. The highest BCUT2D eigenvalue weighted by Crippen LogP contribution is 2.23. The standard InChI is InChI=1S/C21H27N3O4S/c1-18-7-9-19(10-8-18)24(29(26,27)20-5-3-2-4-6-20)17-21(25)22-11-12-23-13-15-28-16-14-23/h2-10H,11-17H2,1H3,(H,22,25). The normalized spacial score (nSPS) is 15.1. The minimum absolute atomic E-state index is 0.154. The molecule has 1 aliphatic heterocycles. The molecule has 2 aromatic rings. The lowest BCUT2D eigenvalue weighted by Crippen LogP contribution is -2.44. The monoisotopic (exact) mass is 417 g/mol. The number of carbonyl (C=O) groups excluding carboxylic acids is 1. The van der Waals surface area contributed by atoms with E-state index in [1.807, 2.05) is 19.1 Å². The number of nitrogens with zero attached hydrogens (tertiary/aromatic N) is 2. The molecule has 7 nitrogen and oxygen atoms in total. The van der Waals surface area contributed by atoms with Crippen molar-refractivity contribution in [1.82, 2.24) is 10.2 Å². The highest BCUT2D eigenvalue weighted by molar-refractivity contribution is 7.92. The van der Waals surface area contributed by atoms with Crippen molar-refractivity contribution in [2.75, 3.05) is 50.2 Å². The molecular weight excluding hydrogens is 390 g/mol. The largest absolute Gasteiger partial charge is 0.379 e. The Balaban J connectivity index is 1.71. The van der Waals surface area contributed by atoms with E-state index in [0.717, 1.165) is 23.0 Å². The average Bonchev–Trinajstić information content (AvgIpc) is 2.74. The van der Waals surface area contributed by atoms with Gasteiger partial charge in [-0.3, -0.25) is 14.0 Å². The molecular formula is C21H27N3O4S. The highest BCUT2D eigenvalue weighted by Gasteiger charge is 2.27. The van der Waals surface area contributed by atoms with Crippen LogP contribution in [0.5, 0.6) is 0 Å². The predicted molar refractivity (Wildman–Crippen MR) is 112 cm³/mol. The highest BCUT2D eigenvalue weighted by atomic mass is 32.2. The van der Waals surface area contributed by atoms with Gasteiger partial charge in [-0.15, -0.1) is 0 Å². The number of hydrogen-bond donors (Lipinski definition) is 1. The maximum absolute atomic E-state index is 13.2. The van der Waals surface area contributed by atoms with Gasteiger partial charge in [-0.05, 0) is 31.2 Å². The molecule has 0 aromatic heterocycles. The number of carbonyl (C=O) groups is 1. The molecule has 8 heteroatoms. The molecule has 0 atom stereocenters. The lowest BCUT2D eigenvalue weighted by Gasteiger charge is -2.27. The topological polar surface area (TPSA) is 79.0 Å². The first kappa shape index (κ1) is 21.3. The maximum Gasteiger partial charge on any atom is 0.264 e. The van der Waals surface area contributed by atoms with E-state index in [-0.39, 0.29) is 17.3 Å². The molecule has 1 heterocycles. The summed E-state index contributed by atoms with van der Waals surface area (Å²) in [6.07, 6.45) is 0. The molecule has 0 spiro atoms. The van der Waals surface area contributed by atoms with Crippen LogP contribution < -0.4 is 9.62 Å². The number of hydrogen-bond acceptors (Lipinski definition) is 5. The van der Waals surface area contributed by atoms with Crippen molar-refractivity contribution in [2.24, 2.45) is 0 Å². The van der Waals surface area contributed by atoms with Gasteiger partial charge < -0.3 is 10.1 Å². The van der Waals surface area contributed by atoms with Crippen molar-refractivity contribution in [3.05, 3.63) is 60.2 Å². The maximum atomic E-state index is 13.2. The summed E-state index contributed by atoms with van der Waals surface area (Å²) >= 11 is 0. The average molecular weight is 418 g/mol. The molecule has 0 bridgehead atoms. The van der Waals surface area contributed by atoms with Crippen LogP contribution in [0, 0.1) is 6.92 Å². The van der Waals surface area contributed by atoms with Crippen LogP contribution in [0.2, 0.25) is 0 Å². The summed E-state index contributed by atoms with van der Waals surface area (Å²) in [5.74, 6) is -0.335. The number of ether oxygens (including phenoxy) is 1. The number of nitrogens with one attached hydrogen (secondary N) is 1. The lowest BCUT2D eigenvalue weighted by atomic mass is 10.2. The zero-order valence-electron chi connectivity index (χ0n) is 16.6. The van der Waals surface area contributed by atoms with Crippen molar-refractivity contribution in [2.45, 2.75) is 11.8 Å². The summed E-state index contributed by atoms with van der Waals surface area (Å²) in [7, 11) is -3.86. The van der Waals surface area contributed by atoms with Crippen molar-refractivity contribution >= 4 is 21.6 Å². The Morgan fingerprint density at radius 1 is 1.07 bits per heavy atom. The molecule has 1 aliphatic rings. The molecule has 0 saturated carbocycles. The third kappa shape index (κ3) is 5.79. The van der Waals surface area contributed by atoms with Gasteiger partial charge in [0.25, 0.3) is 10.0 Å². The van der Waals surface area contributed by atoms with E-state index in [4.69, 9.17) is 4.74 Å². The zero-order valence-corrected chi connectivity index (χ0v) is 17.4. The lowest BCUT2D eigenvalue weighted by molar-refractivity contribution is -0.119. The summed E-state index contributed by atoms with van der Waals surface area (Å²) in [4.78, 5) is 14.9. The fraction of sp³-hybridized carbons (Fsp3) is 0.381. The first-order valence-corrected chi connectivity index (χ1v) is 11.1. The van der Waals surface area contributed by atoms with Gasteiger partial charge in [0.15, 0.2) is 0 Å². The third-order valence-electron chi connectivity index (χ3n) is 4.79. The molecule has 1 amide bonds. The Morgan fingerprint density at radius 2 is 1.72 bits per heavy atom. The van der Waals surface area contributed by atoms with Gasteiger partial charge in [0, 0.05) is 26.2 Å². The number of amides is 1. The second-order valence-corrected chi connectivity index (χ2v) is 8.83.